The zero-order valence-electron chi connectivity index (χ0n) is 14.8. The highest BCUT2D eigenvalue weighted by Crippen LogP contribution is 2.27. The van der Waals surface area contributed by atoms with E-state index in [0.717, 1.165) is 35.4 Å². The van der Waals surface area contributed by atoms with Gasteiger partial charge in [-0.3, -0.25) is 15.0 Å². The molecule has 0 saturated carbocycles. The number of benzene rings is 1. The molecule has 1 aliphatic heterocycles. The van der Waals surface area contributed by atoms with E-state index in [1.165, 1.54) is 11.3 Å². The molecule has 5 nitrogen and oxygen atoms in total. The highest BCUT2D eigenvalue weighted by Gasteiger charge is 2.23. The van der Waals surface area contributed by atoms with Crippen LogP contribution in [-0.4, -0.2) is 41.1 Å². The number of carbonyl (C=O) groups excluding carboxylic acids is 1. The summed E-state index contributed by atoms with van der Waals surface area (Å²) >= 11 is 3.06. The Labute approximate surface area is 160 Å². The Kier molecular flexibility index (Phi) is 5.04. The molecular formula is C19H21N3O2S2. The lowest BCUT2D eigenvalue weighted by atomic mass is 10.2. The average molecular weight is 388 g/mol. The smallest absolute Gasteiger partial charge is 0.258 e. The van der Waals surface area contributed by atoms with E-state index in [-0.39, 0.29) is 18.1 Å². The minimum absolute atomic E-state index is 0.100. The molecule has 1 amide bonds. The number of anilines is 1. The minimum atomic E-state index is -0.100. The Balaban J connectivity index is 1.42. The van der Waals surface area contributed by atoms with Gasteiger partial charge in [0.25, 0.3) is 5.91 Å². The number of ether oxygens (including phenoxy) is 1. The summed E-state index contributed by atoms with van der Waals surface area (Å²) in [6.07, 6.45) is 0.479. The number of morpholine rings is 1. The molecule has 26 heavy (non-hydrogen) atoms. The monoisotopic (exact) mass is 387 g/mol. The molecule has 1 aromatic carbocycles. The molecule has 7 heteroatoms. The van der Waals surface area contributed by atoms with E-state index >= 15 is 0 Å². The topological polar surface area (TPSA) is 54.5 Å². The fourth-order valence-corrected chi connectivity index (χ4v) is 5.04. The number of thiophene rings is 1. The van der Waals surface area contributed by atoms with Gasteiger partial charge < -0.3 is 4.74 Å². The van der Waals surface area contributed by atoms with Crippen LogP contribution in [0.15, 0.2) is 35.0 Å². The van der Waals surface area contributed by atoms with Crippen LogP contribution in [0.5, 0.6) is 0 Å². The predicted octanol–water partition coefficient (Wildman–Crippen LogP) is 4.22. The molecule has 1 saturated heterocycles. The first-order valence-electron chi connectivity index (χ1n) is 8.68. The van der Waals surface area contributed by atoms with Gasteiger partial charge in [-0.2, -0.15) is 0 Å². The third-order valence-electron chi connectivity index (χ3n) is 4.38. The minimum Gasteiger partial charge on any atom is -0.373 e. The van der Waals surface area contributed by atoms with E-state index in [1.54, 1.807) is 11.3 Å². The Hall–Kier alpha value is -1.80. The number of hydrogen-bond acceptors (Lipinski definition) is 6. The van der Waals surface area contributed by atoms with Crippen molar-refractivity contribution in [3.8, 4) is 0 Å². The largest absolute Gasteiger partial charge is 0.373 e. The second kappa shape index (κ2) is 7.44. The van der Waals surface area contributed by atoms with Crippen LogP contribution in [0.25, 0.3) is 10.1 Å². The van der Waals surface area contributed by atoms with Gasteiger partial charge in [-0.1, -0.05) is 18.2 Å². The zero-order chi connectivity index (χ0) is 18.1. The van der Waals surface area contributed by atoms with Crippen molar-refractivity contribution in [3.63, 3.8) is 0 Å². The maximum absolute atomic E-state index is 12.6. The third kappa shape index (κ3) is 3.81. The van der Waals surface area contributed by atoms with Gasteiger partial charge >= 0.3 is 0 Å². The molecule has 2 atom stereocenters. The quantitative estimate of drug-likeness (QED) is 0.728. The van der Waals surface area contributed by atoms with E-state index in [9.17, 15) is 4.79 Å². The molecule has 1 fully saturated rings. The van der Waals surface area contributed by atoms with Crippen LogP contribution in [-0.2, 0) is 11.3 Å². The average Bonchev–Trinajstić information content (AvgIpc) is 3.20. The maximum atomic E-state index is 12.6. The van der Waals surface area contributed by atoms with Crippen LogP contribution in [0.3, 0.4) is 0 Å². The second-order valence-corrected chi connectivity index (χ2v) is 8.46. The standard InChI is InChI=1S/C19H21N3O2S2/c1-12-7-22(8-13(2)24-12)9-14-10-26-19(20-14)21-18(23)16-11-25-17-6-4-3-5-15(16)17/h3-6,10-13H,7-9H2,1-2H3,(H,20,21,23). The van der Waals surface area contributed by atoms with Gasteiger partial charge in [0.1, 0.15) is 0 Å². The first-order chi connectivity index (χ1) is 12.6. The van der Waals surface area contributed by atoms with E-state index in [0.29, 0.717) is 10.7 Å². The highest BCUT2D eigenvalue weighted by atomic mass is 32.1. The number of fused-ring (bicyclic) bond motifs is 1. The van der Waals surface area contributed by atoms with Crippen molar-refractivity contribution >= 4 is 43.8 Å². The van der Waals surface area contributed by atoms with Crippen molar-refractivity contribution in [3.05, 3.63) is 46.3 Å². The second-order valence-electron chi connectivity index (χ2n) is 6.70. The summed E-state index contributed by atoms with van der Waals surface area (Å²) in [6, 6.07) is 7.95. The molecule has 0 aliphatic carbocycles. The van der Waals surface area contributed by atoms with Crippen LogP contribution in [0.1, 0.15) is 29.9 Å². The Morgan fingerprint density at radius 2 is 2.00 bits per heavy atom. The fourth-order valence-electron chi connectivity index (χ4n) is 3.40. The van der Waals surface area contributed by atoms with Gasteiger partial charge in [-0.25, -0.2) is 4.98 Å². The summed E-state index contributed by atoms with van der Waals surface area (Å²) in [4.78, 5) is 19.6. The lowest BCUT2D eigenvalue weighted by Crippen LogP contribution is -2.44. The van der Waals surface area contributed by atoms with Crippen LogP contribution in [0.2, 0.25) is 0 Å². The van der Waals surface area contributed by atoms with Crippen molar-refractivity contribution in [1.29, 1.82) is 0 Å². The number of nitrogens with one attached hydrogen (secondary N) is 1. The molecule has 2 unspecified atom stereocenters. The maximum Gasteiger partial charge on any atom is 0.258 e. The van der Waals surface area contributed by atoms with Gasteiger partial charge in [-0.15, -0.1) is 22.7 Å². The normalized spacial score (nSPS) is 21.2. The molecule has 136 valence electrons. The Bertz CT molecular complexity index is 910. The molecule has 3 aromatic rings. The van der Waals surface area contributed by atoms with Gasteiger partial charge in [0.05, 0.1) is 23.5 Å². The summed E-state index contributed by atoms with van der Waals surface area (Å²) in [5.74, 6) is -0.100. The van der Waals surface area contributed by atoms with Crippen molar-refractivity contribution in [2.45, 2.75) is 32.6 Å². The number of rotatable bonds is 4. The summed E-state index contributed by atoms with van der Waals surface area (Å²) in [5, 5.41) is 8.51. The molecule has 1 aliphatic rings. The molecule has 0 bridgehead atoms. The van der Waals surface area contributed by atoms with Crippen molar-refractivity contribution in [1.82, 2.24) is 9.88 Å². The van der Waals surface area contributed by atoms with Crippen molar-refractivity contribution in [2.75, 3.05) is 18.4 Å². The number of nitrogens with zero attached hydrogens (tertiary/aromatic N) is 2. The van der Waals surface area contributed by atoms with Crippen LogP contribution < -0.4 is 5.32 Å². The van der Waals surface area contributed by atoms with E-state index in [2.05, 4.69) is 29.0 Å². The number of amides is 1. The number of hydrogen-bond donors (Lipinski definition) is 1. The van der Waals surface area contributed by atoms with Gasteiger partial charge in [0.2, 0.25) is 0 Å². The Morgan fingerprint density at radius 1 is 1.23 bits per heavy atom. The fraction of sp³-hybridized carbons (Fsp3) is 0.368. The SMILES string of the molecule is CC1CN(Cc2csc(NC(=O)c3csc4ccccc34)n2)CC(C)O1. The summed E-state index contributed by atoms with van der Waals surface area (Å²) in [6.45, 7) is 6.79. The molecule has 1 N–H and O–H groups in total. The number of carbonyl (C=O) groups is 1. The first kappa shape index (κ1) is 17.6. The van der Waals surface area contributed by atoms with Crippen molar-refractivity contribution < 1.29 is 9.53 Å². The summed E-state index contributed by atoms with van der Waals surface area (Å²) < 4.78 is 6.89. The molecule has 3 heterocycles. The van der Waals surface area contributed by atoms with E-state index in [1.807, 2.05) is 35.0 Å². The Morgan fingerprint density at radius 3 is 2.81 bits per heavy atom. The zero-order valence-corrected chi connectivity index (χ0v) is 16.4. The van der Waals surface area contributed by atoms with E-state index < -0.39 is 0 Å². The van der Waals surface area contributed by atoms with Gasteiger partial charge in [0.15, 0.2) is 5.13 Å². The highest BCUT2D eigenvalue weighted by molar-refractivity contribution is 7.17. The van der Waals surface area contributed by atoms with Crippen molar-refractivity contribution in [2.24, 2.45) is 0 Å². The third-order valence-corrected chi connectivity index (χ3v) is 6.15. The van der Waals surface area contributed by atoms with Crippen LogP contribution >= 0.6 is 22.7 Å². The van der Waals surface area contributed by atoms with Gasteiger partial charge in [0, 0.05) is 40.5 Å². The number of aromatic nitrogens is 1. The van der Waals surface area contributed by atoms with Crippen LogP contribution in [0.4, 0.5) is 5.13 Å². The number of thiazole rings is 1. The molecule has 0 spiro atoms. The first-order valence-corrected chi connectivity index (χ1v) is 10.4. The molecule has 0 radical (unpaired) electrons. The lowest BCUT2D eigenvalue weighted by molar-refractivity contribution is -0.0707. The molecule has 4 rings (SSSR count). The lowest BCUT2D eigenvalue weighted by Gasteiger charge is -2.34. The van der Waals surface area contributed by atoms with Gasteiger partial charge in [-0.05, 0) is 19.9 Å². The van der Waals surface area contributed by atoms with Crippen LogP contribution in [0, 0.1) is 0 Å². The van der Waals surface area contributed by atoms with E-state index in [4.69, 9.17) is 4.74 Å². The predicted molar refractivity (Wildman–Crippen MR) is 107 cm³/mol. The molecular weight excluding hydrogens is 366 g/mol. The molecule has 2 aromatic heterocycles. The summed E-state index contributed by atoms with van der Waals surface area (Å²) in [5.41, 5.74) is 1.69. The summed E-state index contributed by atoms with van der Waals surface area (Å²) in [7, 11) is 0.